The fraction of sp³-hybridized carbons (Fsp3) is 0.364. The van der Waals surface area contributed by atoms with Crippen LogP contribution in [0.25, 0.3) is 11.1 Å². The summed E-state index contributed by atoms with van der Waals surface area (Å²) in [5.41, 5.74) is 2.03. The number of ether oxygens (including phenoxy) is 2. The smallest absolute Gasteiger partial charge is 0.478 e. The average Bonchev–Trinajstić information content (AvgIpc) is 2.68. The van der Waals surface area contributed by atoms with Gasteiger partial charge < -0.3 is 14.6 Å². The van der Waals surface area contributed by atoms with Gasteiger partial charge in [-0.2, -0.15) is 0 Å². The molecule has 0 aliphatic heterocycles. The number of hydrogen-bond acceptors (Lipinski definition) is 4. The number of carboxylic acids is 1. The molecule has 2 aromatic rings. The quantitative estimate of drug-likeness (QED) is 0.319. The normalized spacial score (nSPS) is 10.4. The Hall–Kier alpha value is -2.82. The fourth-order valence-corrected chi connectivity index (χ4v) is 2.68. The number of unbranched alkanes of at least 4 members (excludes halogenated alkanes) is 5. The molecule has 2 rings (SSSR count). The molecule has 0 saturated carbocycles. The van der Waals surface area contributed by atoms with Gasteiger partial charge in [-0.05, 0) is 41.8 Å². The van der Waals surface area contributed by atoms with Crippen LogP contribution in [0.3, 0.4) is 0 Å². The molecule has 5 nitrogen and oxygen atoms in total. The van der Waals surface area contributed by atoms with Gasteiger partial charge in [0.2, 0.25) is 0 Å². The molecule has 0 aliphatic carbocycles. The van der Waals surface area contributed by atoms with Crippen molar-refractivity contribution >= 4 is 12.1 Å². The lowest BCUT2D eigenvalue weighted by atomic mass is 10.0. The van der Waals surface area contributed by atoms with E-state index in [-0.39, 0.29) is 5.56 Å². The summed E-state index contributed by atoms with van der Waals surface area (Å²) in [5, 5.41) is 8.93. The minimum absolute atomic E-state index is 0.242. The molecule has 0 amide bonds. The van der Waals surface area contributed by atoms with Crippen LogP contribution in [0, 0.1) is 0 Å². The van der Waals surface area contributed by atoms with Crippen molar-refractivity contribution in [1.29, 1.82) is 0 Å². The number of carboxylic acid groups (broad SMARTS) is 1. The maximum atomic E-state index is 11.7. The van der Waals surface area contributed by atoms with Gasteiger partial charge in [-0.3, -0.25) is 0 Å². The summed E-state index contributed by atoms with van der Waals surface area (Å²) in [6.45, 7) is 2.56. The largest absolute Gasteiger partial charge is 0.513 e. The highest BCUT2D eigenvalue weighted by molar-refractivity contribution is 5.88. The van der Waals surface area contributed by atoms with Crippen molar-refractivity contribution in [2.75, 3.05) is 6.61 Å². The lowest BCUT2D eigenvalue weighted by Gasteiger charge is -2.07. The topological polar surface area (TPSA) is 72.8 Å². The molecule has 5 heteroatoms. The summed E-state index contributed by atoms with van der Waals surface area (Å²) in [5.74, 6) is -0.543. The first kappa shape index (κ1) is 20.5. The first-order valence-electron chi connectivity index (χ1n) is 9.38. The highest BCUT2D eigenvalue weighted by atomic mass is 16.7. The highest BCUT2D eigenvalue weighted by Crippen LogP contribution is 2.23. The van der Waals surface area contributed by atoms with Crippen molar-refractivity contribution in [2.24, 2.45) is 0 Å². The molecule has 0 spiro atoms. The van der Waals surface area contributed by atoms with E-state index in [9.17, 15) is 9.59 Å². The molecule has 1 N–H and O–H groups in total. The Labute approximate surface area is 159 Å². The van der Waals surface area contributed by atoms with Crippen LogP contribution in [0.2, 0.25) is 0 Å². The minimum atomic E-state index is -0.954. The molecule has 0 radical (unpaired) electrons. The van der Waals surface area contributed by atoms with Crippen LogP contribution in [-0.4, -0.2) is 23.8 Å². The van der Waals surface area contributed by atoms with Crippen LogP contribution in [-0.2, 0) is 4.74 Å². The number of hydrogen-bond donors (Lipinski definition) is 1. The Morgan fingerprint density at radius 3 is 1.96 bits per heavy atom. The van der Waals surface area contributed by atoms with E-state index in [0.29, 0.717) is 12.4 Å². The molecule has 2 aromatic carbocycles. The van der Waals surface area contributed by atoms with Gasteiger partial charge in [0.1, 0.15) is 5.75 Å². The lowest BCUT2D eigenvalue weighted by Crippen LogP contribution is -2.11. The van der Waals surface area contributed by atoms with Crippen LogP contribution >= 0.6 is 0 Å². The SMILES string of the molecule is CCCCCCCCOC(=O)Oc1ccc(-c2ccc(C(=O)O)cc2)cc1. The summed E-state index contributed by atoms with van der Waals surface area (Å²) in [6, 6.07) is 13.6. The van der Waals surface area contributed by atoms with Gasteiger partial charge in [0.15, 0.2) is 0 Å². The van der Waals surface area contributed by atoms with Crippen LogP contribution in [0.4, 0.5) is 4.79 Å². The van der Waals surface area contributed by atoms with Gasteiger partial charge in [-0.1, -0.05) is 63.3 Å². The second-order valence-corrected chi connectivity index (χ2v) is 6.38. The maximum absolute atomic E-state index is 11.7. The van der Waals surface area contributed by atoms with Crippen LogP contribution in [0.15, 0.2) is 48.5 Å². The monoisotopic (exact) mass is 370 g/mol. The van der Waals surface area contributed by atoms with Gasteiger partial charge in [0.05, 0.1) is 12.2 Å². The van der Waals surface area contributed by atoms with Crippen molar-refractivity contribution < 1.29 is 24.2 Å². The van der Waals surface area contributed by atoms with Gasteiger partial charge in [0, 0.05) is 0 Å². The van der Waals surface area contributed by atoms with Crippen LogP contribution in [0.5, 0.6) is 5.75 Å². The van der Waals surface area contributed by atoms with E-state index in [1.165, 1.54) is 25.7 Å². The summed E-state index contributed by atoms with van der Waals surface area (Å²) in [4.78, 5) is 22.6. The number of carbonyl (C=O) groups is 2. The van der Waals surface area contributed by atoms with E-state index in [0.717, 1.165) is 24.0 Å². The van der Waals surface area contributed by atoms with E-state index < -0.39 is 12.1 Å². The lowest BCUT2D eigenvalue weighted by molar-refractivity contribution is 0.0696. The Morgan fingerprint density at radius 1 is 0.815 bits per heavy atom. The zero-order chi connectivity index (χ0) is 19.5. The summed E-state index contributed by atoms with van der Waals surface area (Å²) >= 11 is 0. The summed E-state index contributed by atoms with van der Waals surface area (Å²) in [6.07, 6.45) is 6.08. The summed E-state index contributed by atoms with van der Waals surface area (Å²) in [7, 11) is 0. The van der Waals surface area contributed by atoms with E-state index in [1.54, 1.807) is 36.4 Å². The molecule has 0 fully saturated rings. The Bertz CT molecular complexity index is 719. The van der Waals surface area contributed by atoms with Crippen molar-refractivity contribution in [3.63, 3.8) is 0 Å². The summed E-state index contributed by atoms with van der Waals surface area (Å²) < 4.78 is 10.2. The average molecular weight is 370 g/mol. The first-order chi connectivity index (χ1) is 13.1. The van der Waals surface area contributed by atoms with Gasteiger partial charge in [-0.25, -0.2) is 9.59 Å². The Kier molecular flexibility index (Phi) is 8.36. The van der Waals surface area contributed by atoms with Crippen LogP contribution < -0.4 is 4.74 Å². The molecule has 0 aromatic heterocycles. The molecule has 0 unspecified atom stereocenters. The number of aromatic carboxylic acids is 1. The van der Waals surface area contributed by atoms with Gasteiger partial charge in [-0.15, -0.1) is 0 Å². The van der Waals surface area contributed by atoms with Crippen molar-refractivity contribution in [2.45, 2.75) is 45.4 Å². The molecule has 0 saturated heterocycles. The molecule has 0 bridgehead atoms. The second-order valence-electron chi connectivity index (χ2n) is 6.38. The van der Waals surface area contributed by atoms with Gasteiger partial charge in [0.25, 0.3) is 0 Å². The highest BCUT2D eigenvalue weighted by Gasteiger charge is 2.07. The molecule has 144 valence electrons. The third-order valence-corrected chi connectivity index (χ3v) is 4.24. The standard InChI is InChI=1S/C22H26O5/c1-2-3-4-5-6-7-16-26-22(25)27-20-14-12-18(13-15-20)17-8-10-19(11-9-17)21(23)24/h8-15H,2-7,16H2,1H3,(H,23,24). The Morgan fingerprint density at radius 2 is 1.37 bits per heavy atom. The minimum Gasteiger partial charge on any atom is -0.478 e. The zero-order valence-corrected chi connectivity index (χ0v) is 15.6. The predicted molar refractivity (Wildman–Crippen MR) is 104 cm³/mol. The molecular weight excluding hydrogens is 344 g/mol. The van der Waals surface area contributed by atoms with E-state index in [4.69, 9.17) is 14.6 Å². The number of rotatable bonds is 10. The van der Waals surface area contributed by atoms with E-state index in [1.807, 2.05) is 12.1 Å². The third kappa shape index (κ3) is 7.13. The fourth-order valence-electron chi connectivity index (χ4n) is 2.68. The molecule has 0 atom stereocenters. The molecule has 0 aliphatic rings. The predicted octanol–water partition coefficient (Wildman–Crippen LogP) is 5.93. The van der Waals surface area contributed by atoms with Crippen molar-refractivity contribution in [3.05, 3.63) is 54.1 Å². The van der Waals surface area contributed by atoms with E-state index >= 15 is 0 Å². The van der Waals surface area contributed by atoms with Crippen molar-refractivity contribution in [3.8, 4) is 16.9 Å². The first-order valence-corrected chi connectivity index (χ1v) is 9.38. The van der Waals surface area contributed by atoms with E-state index in [2.05, 4.69) is 6.92 Å². The number of carbonyl (C=O) groups excluding carboxylic acids is 1. The molecular formula is C22H26O5. The zero-order valence-electron chi connectivity index (χ0n) is 15.6. The maximum Gasteiger partial charge on any atom is 0.513 e. The molecule has 0 heterocycles. The van der Waals surface area contributed by atoms with Gasteiger partial charge >= 0.3 is 12.1 Å². The Balaban J connectivity index is 1.76. The second kappa shape index (κ2) is 11.0. The third-order valence-electron chi connectivity index (χ3n) is 4.24. The molecule has 27 heavy (non-hydrogen) atoms. The van der Waals surface area contributed by atoms with Crippen LogP contribution in [0.1, 0.15) is 55.8 Å². The van der Waals surface area contributed by atoms with Crippen molar-refractivity contribution in [1.82, 2.24) is 0 Å². The number of benzene rings is 2.